The summed E-state index contributed by atoms with van der Waals surface area (Å²) in [5.41, 5.74) is 0.738. The minimum Gasteiger partial charge on any atom is -0.247 e. The highest BCUT2D eigenvalue weighted by atomic mass is 35.5. The molecule has 0 saturated carbocycles. The Morgan fingerprint density at radius 2 is 1.80 bits per heavy atom. The van der Waals surface area contributed by atoms with E-state index in [1.165, 1.54) is 0 Å². The number of nitrogens with zero attached hydrogens (tertiary/aromatic N) is 3. The van der Waals surface area contributed by atoms with Gasteiger partial charge >= 0.3 is 6.18 Å². The van der Waals surface area contributed by atoms with Crippen LogP contribution >= 0.6 is 11.6 Å². The molecule has 3 aromatic rings. The van der Waals surface area contributed by atoms with Crippen molar-refractivity contribution in [2.24, 2.45) is 0 Å². The first-order valence-corrected chi connectivity index (χ1v) is 7.52. The fourth-order valence-corrected chi connectivity index (χ4v) is 2.57. The lowest BCUT2D eigenvalue weighted by Crippen LogP contribution is -2.06. The lowest BCUT2D eigenvalue weighted by atomic mass is 9.98. The molecule has 1 heterocycles. The molecular weight excluding hydrogens is 353 g/mol. The molecule has 1 aromatic heterocycles. The number of nitrogens with one attached hydrogen (secondary N) is 1. The average Bonchev–Trinajstić information content (AvgIpc) is 3.04. The molecule has 4 nitrogen and oxygen atoms in total. The van der Waals surface area contributed by atoms with Crippen LogP contribution in [0.4, 0.5) is 13.2 Å². The lowest BCUT2D eigenvalue weighted by Gasteiger charge is -2.12. The number of hydrogen-bond acceptors (Lipinski definition) is 3. The molecule has 126 valence electrons. The smallest absolute Gasteiger partial charge is 0.247 e. The van der Waals surface area contributed by atoms with Gasteiger partial charge < -0.3 is 0 Å². The first kappa shape index (κ1) is 17.0. The van der Waals surface area contributed by atoms with Gasteiger partial charge in [-0.15, -0.1) is 5.10 Å². The zero-order valence-corrected chi connectivity index (χ0v) is 13.4. The monoisotopic (exact) mass is 362 g/mol. The van der Waals surface area contributed by atoms with E-state index in [1.807, 2.05) is 6.07 Å². The summed E-state index contributed by atoms with van der Waals surface area (Å²) in [6.45, 7) is 0. The average molecular weight is 363 g/mol. The molecule has 3 rings (SSSR count). The summed E-state index contributed by atoms with van der Waals surface area (Å²) in [5.74, 6) is 0. The van der Waals surface area contributed by atoms with E-state index in [2.05, 4.69) is 15.4 Å². The summed E-state index contributed by atoms with van der Waals surface area (Å²) in [7, 11) is 0. The van der Waals surface area contributed by atoms with Gasteiger partial charge in [0.1, 0.15) is 11.8 Å². The molecule has 0 atom stereocenters. The predicted molar refractivity (Wildman–Crippen MR) is 85.8 cm³/mol. The normalized spacial score (nSPS) is 11.3. The number of nitriles is 1. The molecule has 0 saturated heterocycles. The first-order chi connectivity index (χ1) is 11.9. The third-order valence-electron chi connectivity index (χ3n) is 3.58. The van der Waals surface area contributed by atoms with Crippen LogP contribution in [-0.2, 0) is 12.6 Å². The molecule has 0 aliphatic carbocycles. The van der Waals surface area contributed by atoms with Crippen molar-refractivity contribution in [3.05, 3.63) is 69.9 Å². The quantitative estimate of drug-likeness (QED) is 0.740. The predicted octanol–water partition coefficient (Wildman–Crippen LogP) is 4.61. The van der Waals surface area contributed by atoms with E-state index < -0.39 is 11.7 Å². The number of benzene rings is 2. The number of halogens is 4. The summed E-state index contributed by atoms with van der Waals surface area (Å²) < 4.78 is 39.7. The van der Waals surface area contributed by atoms with Crippen molar-refractivity contribution in [2.45, 2.75) is 12.6 Å². The molecule has 0 aliphatic rings. The van der Waals surface area contributed by atoms with Gasteiger partial charge in [-0.2, -0.15) is 18.4 Å². The van der Waals surface area contributed by atoms with E-state index in [1.54, 1.807) is 30.3 Å². The van der Waals surface area contributed by atoms with Crippen LogP contribution in [0.3, 0.4) is 0 Å². The summed E-state index contributed by atoms with van der Waals surface area (Å²) in [6.07, 6.45) is -4.23. The summed E-state index contributed by atoms with van der Waals surface area (Å²) in [4.78, 5) is 0. The Balaban J connectivity index is 2.07. The summed E-state index contributed by atoms with van der Waals surface area (Å²) in [5, 5.41) is 19.2. The SMILES string of the molecule is N#Cc1[nH]nnc1-c1cc(Cc2ccc(Cl)cc2)cc(C(F)(F)F)c1. The van der Waals surface area contributed by atoms with Gasteiger partial charge in [-0.1, -0.05) is 28.9 Å². The van der Waals surface area contributed by atoms with E-state index in [0.717, 1.165) is 17.7 Å². The zero-order valence-electron chi connectivity index (χ0n) is 12.6. The maximum Gasteiger partial charge on any atom is 0.416 e. The van der Waals surface area contributed by atoms with Crippen molar-refractivity contribution in [2.75, 3.05) is 0 Å². The summed E-state index contributed by atoms with van der Waals surface area (Å²) in [6, 6.07) is 12.3. The maximum atomic E-state index is 13.2. The topological polar surface area (TPSA) is 65.4 Å². The van der Waals surface area contributed by atoms with Crippen LogP contribution in [0.15, 0.2) is 42.5 Å². The highest BCUT2D eigenvalue weighted by molar-refractivity contribution is 6.30. The number of aromatic nitrogens is 3. The van der Waals surface area contributed by atoms with E-state index in [0.29, 0.717) is 10.6 Å². The van der Waals surface area contributed by atoms with Gasteiger partial charge in [-0.25, -0.2) is 5.10 Å². The van der Waals surface area contributed by atoms with Crippen molar-refractivity contribution >= 4 is 11.6 Å². The third-order valence-corrected chi connectivity index (χ3v) is 3.83. The highest BCUT2D eigenvalue weighted by Gasteiger charge is 2.31. The third kappa shape index (κ3) is 3.80. The molecule has 0 aliphatic heterocycles. The van der Waals surface area contributed by atoms with E-state index in [-0.39, 0.29) is 23.4 Å². The van der Waals surface area contributed by atoms with Crippen molar-refractivity contribution in [1.82, 2.24) is 15.4 Å². The van der Waals surface area contributed by atoms with Crippen molar-refractivity contribution in [1.29, 1.82) is 5.26 Å². The molecule has 2 aromatic carbocycles. The molecule has 0 amide bonds. The van der Waals surface area contributed by atoms with Crippen molar-refractivity contribution in [3.63, 3.8) is 0 Å². The Labute approximate surface area is 145 Å². The van der Waals surface area contributed by atoms with Crippen LogP contribution in [0.25, 0.3) is 11.3 Å². The Morgan fingerprint density at radius 3 is 2.44 bits per heavy atom. The molecule has 1 N–H and O–H groups in total. The fourth-order valence-electron chi connectivity index (χ4n) is 2.44. The molecule has 0 unspecified atom stereocenters. The fraction of sp³-hybridized carbons (Fsp3) is 0.118. The van der Waals surface area contributed by atoms with Gasteiger partial charge in [0.25, 0.3) is 0 Å². The Kier molecular flexibility index (Phi) is 4.47. The molecule has 0 bridgehead atoms. The summed E-state index contributed by atoms with van der Waals surface area (Å²) >= 11 is 5.83. The number of alkyl halides is 3. The number of hydrogen-bond donors (Lipinski definition) is 1. The Bertz CT molecular complexity index is 940. The largest absolute Gasteiger partial charge is 0.416 e. The number of aromatic amines is 1. The molecule has 25 heavy (non-hydrogen) atoms. The second-order valence-electron chi connectivity index (χ2n) is 5.37. The minimum atomic E-state index is -4.51. The van der Waals surface area contributed by atoms with Gasteiger partial charge in [-0.3, -0.25) is 0 Å². The van der Waals surface area contributed by atoms with Gasteiger partial charge in [0.15, 0.2) is 5.69 Å². The van der Waals surface area contributed by atoms with Gasteiger partial charge in [0.2, 0.25) is 0 Å². The zero-order chi connectivity index (χ0) is 18.0. The standard InChI is InChI=1S/C17H10ClF3N4/c18-14-3-1-10(2-4-14)5-11-6-12(8-13(7-11)17(19,20)21)16-15(9-22)23-25-24-16/h1-4,6-8H,5H2,(H,23,24,25). The van der Waals surface area contributed by atoms with Crippen LogP contribution in [0.1, 0.15) is 22.4 Å². The van der Waals surface area contributed by atoms with Crippen LogP contribution < -0.4 is 0 Å². The van der Waals surface area contributed by atoms with Crippen molar-refractivity contribution < 1.29 is 13.2 Å². The second kappa shape index (κ2) is 6.57. The van der Waals surface area contributed by atoms with Gasteiger partial charge in [0.05, 0.1) is 5.56 Å². The second-order valence-corrected chi connectivity index (χ2v) is 5.80. The highest BCUT2D eigenvalue weighted by Crippen LogP contribution is 2.34. The van der Waals surface area contributed by atoms with E-state index >= 15 is 0 Å². The Hall–Kier alpha value is -2.85. The number of H-pyrrole nitrogens is 1. The first-order valence-electron chi connectivity index (χ1n) is 7.14. The molecule has 8 heteroatoms. The molecule has 0 spiro atoms. The van der Waals surface area contributed by atoms with E-state index in [4.69, 9.17) is 16.9 Å². The molecular formula is C17H10ClF3N4. The Morgan fingerprint density at radius 1 is 1.08 bits per heavy atom. The van der Waals surface area contributed by atoms with Crippen LogP contribution in [0.2, 0.25) is 5.02 Å². The number of rotatable bonds is 3. The van der Waals surface area contributed by atoms with Crippen LogP contribution in [-0.4, -0.2) is 15.4 Å². The van der Waals surface area contributed by atoms with Crippen LogP contribution in [0, 0.1) is 11.3 Å². The maximum absolute atomic E-state index is 13.2. The lowest BCUT2D eigenvalue weighted by molar-refractivity contribution is -0.137. The van der Waals surface area contributed by atoms with Crippen molar-refractivity contribution in [3.8, 4) is 17.3 Å². The van der Waals surface area contributed by atoms with Gasteiger partial charge in [-0.05, 0) is 47.9 Å². The molecule has 0 fully saturated rings. The minimum absolute atomic E-state index is 0.0109. The van der Waals surface area contributed by atoms with E-state index in [9.17, 15) is 13.2 Å². The van der Waals surface area contributed by atoms with Crippen LogP contribution in [0.5, 0.6) is 0 Å². The van der Waals surface area contributed by atoms with Gasteiger partial charge in [0, 0.05) is 10.6 Å². The molecule has 0 radical (unpaired) electrons.